The zero-order valence-electron chi connectivity index (χ0n) is 14.2. The van der Waals surface area contributed by atoms with Crippen molar-refractivity contribution in [1.29, 1.82) is 0 Å². The van der Waals surface area contributed by atoms with Crippen molar-refractivity contribution in [1.82, 2.24) is 9.88 Å². The molecule has 1 fully saturated rings. The molecule has 0 radical (unpaired) electrons. The summed E-state index contributed by atoms with van der Waals surface area (Å²) in [4.78, 5) is 10.4. The van der Waals surface area contributed by atoms with Gasteiger partial charge in [-0.05, 0) is 30.5 Å². The summed E-state index contributed by atoms with van der Waals surface area (Å²) in [7, 11) is 0. The molecule has 1 N–H and O–H groups in total. The Kier molecular flexibility index (Phi) is 4.46. The third-order valence-corrected chi connectivity index (χ3v) is 5.45. The summed E-state index contributed by atoms with van der Waals surface area (Å²) in [6, 6.07) is 11.6. The maximum absolute atomic E-state index is 10.0. The van der Waals surface area contributed by atoms with E-state index in [0.717, 1.165) is 60.6 Å². The van der Waals surface area contributed by atoms with Gasteiger partial charge in [-0.3, -0.25) is 4.90 Å². The van der Waals surface area contributed by atoms with Crippen LogP contribution in [0.1, 0.15) is 11.5 Å². The highest BCUT2D eigenvalue weighted by Crippen LogP contribution is 2.29. The van der Waals surface area contributed by atoms with Gasteiger partial charge < -0.3 is 14.4 Å². The monoisotopic (exact) mass is 355 g/mol. The van der Waals surface area contributed by atoms with Gasteiger partial charge in [-0.25, -0.2) is 4.98 Å². The molecule has 0 unspecified atom stereocenters. The third-order valence-electron chi connectivity index (χ3n) is 4.59. The fourth-order valence-electron chi connectivity index (χ4n) is 3.17. The smallest absolute Gasteiger partial charge is 0.236 e. The summed E-state index contributed by atoms with van der Waals surface area (Å²) in [6.45, 7) is 6.45. The minimum atomic E-state index is 0.351. The van der Waals surface area contributed by atoms with Crippen LogP contribution < -0.4 is 4.90 Å². The molecule has 0 saturated carbocycles. The molecule has 0 bridgehead atoms. The molecule has 0 aliphatic carbocycles. The Labute approximate surface area is 151 Å². The highest BCUT2D eigenvalue weighted by molar-refractivity contribution is 7.13. The molecule has 0 amide bonds. The largest absolute Gasteiger partial charge is 0.506 e. The van der Waals surface area contributed by atoms with Crippen molar-refractivity contribution in [2.45, 2.75) is 13.5 Å². The van der Waals surface area contributed by atoms with Gasteiger partial charge in [-0.2, -0.15) is 0 Å². The van der Waals surface area contributed by atoms with E-state index in [1.807, 2.05) is 42.6 Å². The molecule has 5 nitrogen and oxygen atoms in total. The summed E-state index contributed by atoms with van der Waals surface area (Å²) in [5.74, 6) is 1.96. The Morgan fingerprint density at radius 3 is 2.64 bits per heavy atom. The Morgan fingerprint density at radius 1 is 1.12 bits per heavy atom. The summed E-state index contributed by atoms with van der Waals surface area (Å²) in [5.41, 5.74) is 1.93. The topological polar surface area (TPSA) is 52.7 Å². The number of anilines is 1. The van der Waals surface area contributed by atoms with Crippen LogP contribution in [0.3, 0.4) is 0 Å². The lowest BCUT2D eigenvalue weighted by molar-refractivity contribution is 0.245. The van der Waals surface area contributed by atoms with Crippen molar-refractivity contribution < 1.29 is 9.52 Å². The van der Waals surface area contributed by atoms with Crippen molar-refractivity contribution >= 4 is 17.0 Å². The highest BCUT2D eigenvalue weighted by atomic mass is 32.1. The standard InChI is InChI=1S/C19H21N3O2S/c1-14-15(20-19(24-14)18-7-4-12-25-18)13-21-8-10-22(11-9-21)16-5-2-3-6-17(16)23/h2-7,12,23H,8-11,13H2,1H3. The van der Waals surface area contributed by atoms with E-state index in [4.69, 9.17) is 4.42 Å². The van der Waals surface area contributed by atoms with Gasteiger partial charge in [-0.1, -0.05) is 18.2 Å². The van der Waals surface area contributed by atoms with Crippen LogP contribution >= 0.6 is 11.3 Å². The van der Waals surface area contributed by atoms with Crippen LogP contribution in [0.5, 0.6) is 5.75 Å². The molecule has 1 saturated heterocycles. The molecule has 1 aromatic carbocycles. The normalized spacial score (nSPS) is 15.6. The average Bonchev–Trinajstić information content (AvgIpc) is 3.27. The van der Waals surface area contributed by atoms with E-state index in [1.165, 1.54) is 0 Å². The molecule has 3 aromatic rings. The van der Waals surface area contributed by atoms with Gasteiger partial charge in [0.15, 0.2) is 0 Å². The number of nitrogens with zero attached hydrogens (tertiary/aromatic N) is 3. The third kappa shape index (κ3) is 3.41. The van der Waals surface area contributed by atoms with Crippen LogP contribution in [0.25, 0.3) is 10.8 Å². The van der Waals surface area contributed by atoms with E-state index in [9.17, 15) is 5.11 Å². The Hall–Kier alpha value is -2.31. The first-order chi connectivity index (χ1) is 12.2. The first-order valence-corrected chi connectivity index (χ1v) is 9.34. The van der Waals surface area contributed by atoms with Gasteiger partial charge in [-0.15, -0.1) is 11.3 Å². The molecule has 0 atom stereocenters. The number of benzene rings is 1. The van der Waals surface area contributed by atoms with Crippen molar-refractivity contribution in [3.8, 4) is 16.5 Å². The van der Waals surface area contributed by atoms with Crippen molar-refractivity contribution in [2.75, 3.05) is 31.1 Å². The first-order valence-electron chi connectivity index (χ1n) is 8.46. The molecule has 3 heterocycles. The molecule has 130 valence electrons. The molecular weight excluding hydrogens is 334 g/mol. The minimum absolute atomic E-state index is 0.351. The quantitative estimate of drug-likeness (QED) is 0.773. The van der Waals surface area contributed by atoms with Crippen LogP contribution in [0.2, 0.25) is 0 Å². The number of para-hydroxylation sites is 2. The molecule has 1 aliphatic rings. The van der Waals surface area contributed by atoms with E-state index >= 15 is 0 Å². The lowest BCUT2D eigenvalue weighted by Gasteiger charge is -2.36. The summed E-state index contributed by atoms with van der Waals surface area (Å²) in [6.07, 6.45) is 0. The number of hydrogen-bond acceptors (Lipinski definition) is 6. The fraction of sp³-hybridized carbons (Fsp3) is 0.316. The zero-order valence-corrected chi connectivity index (χ0v) is 15.0. The first kappa shape index (κ1) is 16.2. The van der Waals surface area contributed by atoms with Crippen LogP contribution in [-0.2, 0) is 6.54 Å². The minimum Gasteiger partial charge on any atom is -0.506 e. The zero-order chi connectivity index (χ0) is 17.2. The Morgan fingerprint density at radius 2 is 1.92 bits per heavy atom. The van der Waals surface area contributed by atoms with Crippen LogP contribution in [0.4, 0.5) is 5.69 Å². The maximum atomic E-state index is 10.0. The molecule has 2 aromatic heterocycles. The number of phenols is 1. The predicted octanol–water partition coefficient (Wildman–Crippen LogP) is 3.74. The van der Waals surface area contributed by atoms with Gasteiger partial charge in [0.05, 0.1) is 16.3 Å². The van der Waals surface area contributed by atoms with E-state index < -0.39 is 0 Å². The van der Waals surface area contributed by atoms with Crippen LogP contribution in [0, 0.1) is 6.92 Å². The highest BCUT2D eigenvalue weighted by Gasteiger charge is 2.21. The molecule has 6 heteroatoms. The van der Waals surface area contributed by atoms with Gasteiger partial charge in [0.1, 0.15) is 11.5 Å². The summed E-state index contributed by atoms with van der Waals surface area (Å²) >= 11 is 1.64. The lowest BCUT2D eigenvalue weighted by Crippen LogP contribution is -2.46. The lowest BCUT2D eigenvalue weighted by atomic mass is 10.2. The molecule has 4 rings (SSSR count). The number of aryl methyl sites for hydroxylation is 1. The molecule has 1 aliphatic heterocycles. The maximum Gasteiger partial charge on any atom is 0.236 e. The number of oxazole rings is 1. The van der Waals surface area contributed by atoms with E-state index in [-0.39, 0.29) is 0 Å². The van der Waals surface area contributed by atoms with Crippen molar-refractivity contribution in [2.24, 2.45) is 0 Å². The number of thiophene rings is 1. The van der Waals surface area contributed by atoms with Gasteiger partial charge in [0.2, 0.25) is 5.89 Å². The number of hydrogen-bond donors (Lipinski definition) is 1. The molecule has 0 spiro atoms. The molecular formula is C19H21N3O2S. The fourth-order valence-corrected chi connectivity index (χ4v) is 3.82. The number of rotatable bonds is 4. The number of aromatic hydroxyl groups is 1. The Balaban J connectivity index is 1.40. The van der Waals surface area contributed by atoms with E-state index in [0.29, 0.717) is 5.75 Å². The second-order valence-corrected chi connectivity index (χ2v) is 7.20. The van der Waals surface area contributed by atoms with Crippen LogP contribution in [0.15, 0.2) is 46.2 Å². The second kappa shape index (κ2) is 6.90. The average molecular weight is 355 g/mol. The number of aromatic nitrogens is 1. The van der Waals surface area contributed by atoms with Gasteiger partial charge in [0.25, 0.3) is 0 Å². The predicted molar refractivity (Wildman–Crippen MR) is 100 cm³/mol. The van der Waals surface area contributed by atoms with Crippen molar-refractivity contribution in [3.63, 3.8) is 0 Å². The molecule has 25 heavy (non-hydrogen) atoms. The van der Waals surface area contributed by atoms with E-state index in [1.54, 1.807) is 17.4 Å². The summed E-state index contributed by atoms with van der Waals surface area (Å²) in [5, 5.41) is 12.1. The summed E-state index contributed by atoms with van der Waals surface area (Å²) < 4.78 is 5.84. The van der Waals surface area contributed by atoms with Gasteiger partial charge in [0, 0.05) is 32.7 Å². The second-order valence-electron chi connectivity index (χ2n) is 6.25. The Bertz CT molecular complexity index is 836. The van der Waals surface area contributed by atoms with E-state index in [2.05, 4.69) is 14.8 Å². The number of piperazine rings is 1. The van der Waals surface area contributed by atoms with Crippen LogP contribution in [-0.4, -0.2) is 41.2 Å². The SMILES string of the molecule is Cc1oc(-c2cccs2)nc1CN1CCN(c2ccccc2O)CC1. The number of phenolic OH excluding ortho intramolecular Hbond substituents is 1. The van der Waals surface area contributed by atoms with Crippen molar-refractivity contribution in [3.05, 3.63) is 53.2 Å². The van der Waals surface area contributed by atoms with Gasteiger partial charge >= 0.3 is 0 Å².